The molecule has 0 aliphatic heterocycles. The molecule has 0 spiro atoms. The lowest BCUT2D eigenvalue weighted by molar-refractivity contribution is 0.189. The Morgan fingerprint density at radius 1 is 1.79 bits per heavy atom. The first-order chi connectivity index (χ1) is 6.65. The molecule has 0 radical (unpaired) electrons. The number of nitrogens with zero attached hydrogens (tertiary/aromatic N) is 2. The summed E-state index contributed by atoms with van der Waals surface area (Å²) in [5.41, 5.74) is 0.377. The molecule has 0 saturated carbocycles. The Morgan fingerprint density at radius 2 is 2.50 bits per heavy atom. The van der Waals surface area contributed by atoms with E-state index in [1.54, 1.807) is 6.92 Å². The largest absolute Gasteiger partial charge is 0.393 e. The van der Waals surface area contributed by atoms with E-state index in [1.165, 1.54) is 0 Å². The van der Waals surface area contributed by atoms with E-state index >= 15 is 0 Å². The van der Waals surface area contributed by atoms with Crippen LogP contribution in [0.4, 0.5) is 5.00 Å². The normalized spacial score (nSPS) is 12.1. The highest BCUT2D eigenvalue weighted by molar-refractivity contribution is 7.10. The second kappa shape index (κ2) is 5.15. The van der Waals surface area contributed by atoms with E-state index in [1.807, 2.05) is 6.07 Å². The topological polar surface area (TPSA) is 68.9 Å². The van der Waals surface area contributed by atoms with E-state index in [-0.39, 0.29) is 11.3 Å². The van der Waals surface area contributed by atoms with Gasteiger partial charge in [-0.2, -0.15) is 9.64 Å². The Hall–Kier alpha value is -0.830. The van der Waals surface area contributed by atoms with Crippen molar-refractivity contribution < 1.29 is 5.11 Å². The number of rotatable bonds is 4. The molecule has 0 bridgehead atoms. The summed E-state index contributed by atoms with van der Waals surface area (Å²) in [4.78, 5) is 0. The van der Waals surface area contributed by atoms with Crippen molar-refractivity contribution in [3.8, 4) is 6.07 Å². The maximum Gasteiger partial charge on any atom is 0.162 e. The smallest absolute Gasteiger partial charge is 0.162 e. The molecule has 1 rings (SSSR count). The van der Waals surface area contributed by atoms with Gasteiger partial charge in [-0.3, -0.25) is 0 Å². The fraction of sp³-hybridized carbons (Fsp3) is 0.500. The Bertz CT molecular complexity index is 345. The quantitative estimate of drug-likeness (QED) is 0.830. The van der Waals surface area contributed by atoms with Gasteiger partial charge in [0.2, 0.25) is 0 Å². The molecule has 0 aliphatic rings. The molecule has 1 aromatic rings. The number of aliphatic hydroxyl groups is 1. The number of aliphatic hydroxyl groups excluding tert-OH is 1. The predicted octanol–water partition coefficient (Wildman–Crippen LogP) is 1.85. The number of hydrogen-bond donors (Lipinski definition) is 2. The molecule has 1 aromatic heterocycles. The summed E-state index contributed by atoms with van der Waals surface area (Å²) in [6.07, 6.45) is 0.275. The van der Waals surface area contributed by atoms with Crippen LogP contribution in [0.2, 0.25) is 5.15 Å². The molecule has 0 unspecified atom stereocenters. The van der Waals surface area contributed by atoms with Gasteiger partial charge in [0, 0.05) is 6.54 Å². The van der Waals surface area contributed by atoms with Crippen molar-refractivity contribution in [2.24, 2.45) is 0 Å². The molecule has 0 amide bonds. The van der Waals surface area contributed by atoms with Gasteiger partial charge in [0.05, 0.1) is 6.10 Å². The standard InChI is InChI=1S/C8H10ClN3OS/c1-5(13)2-3-11-8-6(4-10)7(9)12-14-8/h5,11,13H,2-3H2,1H3/t5-/m0/s1. The van der Waals surface area contributed by atoms with Crippen molar-refractivity contribution >= 4 is 28.1 Å². The molecular weight excluding hydrogens is 222 g/mol. The van der Waals surface area contributed by atoms with Crippen LogP contribution in [0.5, 0.6) is 0 Å². The first-order valence-corrected chi connectivity index (χ1v) is 5.27. The maximum absolute atomic E-state index is 9.02. The lowest BCUT2D eigenvalue weighted by Gasteiger charge is -2.05. The lowest BCUT2D eigenvalue weighted by Crippen LogP contribution is -2.09. The fourth-order valence-corrected chi connectivity index (χ4v) is 1.84. The second-order valence-electron chi connectivity index (χ2n) is 2.85. The first kappa shape index (κ1) is 11.2. The van der Waals surface area contributed by atoms with Crippen molar-refractivity contribution in [2.75, 3.05) is 11.9 Å². The van der Waals surface area contributed by atoms with Gasteiger partial charge in [-0.1, -0.05) is 11.6 Å². The average molecular weight is 232 g/mol. The van der Waals surface area contributed by atoms with Crippen molar-refractivity contribution in [2.45, 2.75) is 19.4 Å². The van der Waals surface area contributed by atoms with Gasteiger partial charge in [0.1, 0.15) is 16.6 Å². The van der Waals surface area contributed by atoms with Crippen molar-refractivity contribution in [3.05, 3.63) is 10.7 Å². The van der Waals surface area contributed by atoms with Crippen LogP contribution in [-0.4, -0.2) is 22.1 Å². The molecule has 1 atom stereocenters. The van der Waals surface area contributed by atoms with E-state index in [0.717, 1.165) is 11.5 Å². The summed E-state index contributed by atoms with van der Waals surface area (Å²) < 4.78 is 3.84. The molecule has 76 valence electrons. The lowest BCUT2D eigenvalue weighted by atomic mass is 10.3. The second-order valence-corrected chi connectivity index (χ2v) is 3.99. The number of nitrogens with one attached hydrogen (secondary N) is 1. The van der Waals surface area contributed by atoms with Gasteiger partial charge in [0.15, 0.2) is 5.15 Å². The van der Waals surface area contributed by atoms with Crippen LogP contribution in [0.1, 0.15) is 18.9 Å². The SMILES string of the molecule is C[C@H](O)CCNc1snc(Cl)c1C#N. The predicted molar refractivity (Wildman–Crippen MR) is 56.6 cm³/mol. The highest BCUT2D eigenvalue weighted by Gasteiger charge is 2.10. The van der Waals surface area contributed by atoms with E-state index in [0.29, 0.717) is 23.5 Å². The highest BCUT2D eigenvalue weighted by Crippen LogP contribution is 2.27. The third kappa shape index (κ3) is 2.84. The minimum absolute atomic E-state index is 0.233. The van der Waals surface area contributed by atoms with Crippen LogP contribution in [0.3, 0.4) is 0 Å². The summed E-state index contributed by atoms with van der Waals surface area (Å²) in [5, 5.41) is 21.7. The molecule has 6 heteroatoms. The maximum atomic E-state index is 9.02. The van der Waals surface area contributed by atoms with Gasteiger partial charge in [-0.05, 0) is 24.9 Å². The Balaban J connectivity index is 2.55. The zero-order chi connectivity index (χ0) is 10.6. The first-order valence-electron chi connectivity index (χ1n) is 4.12. The van der Waals surface area contributed by atoms with Crippen LogP contribution in [0.15, 0.2) is 0 Å². The average Bonchev–Trinajstić information content (AvgIpc) is 2.46. The molecule has 14 heavy (non-hydrogen) atoms. The fourth-order valence-electron chi connectivity index (χ4n) is 0.883. The molecule has 0 fully saturated rings. The summed E-state index contributed by atoms with van der Waals surface area (Å²) in [7, 11) is 0. The van der Waals surface area contributed by atoms with Crippen molar-refractivity contribution in [1.29, 1.82) is 5.26 Å². The molecule has 1 heterocycles. The van der Waals surface area contributed by atoms with Gasteiger partial charge >= 0.3 is 0 Å². The molecule has 0 aliphatic carbocycles. The van der Waals surface area contributed by atoms with Gasteiger partial charge in [0.25, 0.3) is 0 Å². The third-order valence-corrected chi connectivity index (χ3v) is 2.79. The zero-order valence-electron chi connectivity index (χ0n) is 7.62. The monoisotopic (exact) mass is 231 g/mol. The minimum Gasteiger partial charge on any atom is -0.393 e. The van der Waals surface area contributed by atoms with Crippen LogP contribution >= 0.6 is 23.1 Å². The van der Waals surface area contributed by atoms with E-state index in [9.17, 15) is 0 Å². The van der Waals surface area contributed by atoms with E-state index in [4.69, 9.17) is 22.0 Å². The molecule has 0 aromatic carbocycles. The molecule has 4 nitrogen and oxygen atoms in total. The van der Waals surface area contributed by atoms with Crippen LogP contribution in [0.25, 0.3) is 0 Å². The minimum atomic E-state index is -0.351. The van der Waals surface area contributed by atoms with Crippen LogP contribution in [-0.2, 0) is 0 Å². The molecular formula is C8H10ClN3OS. The van der Waals surface area contributed by atoms with Crippen molar-refractivity contribution in [3.63, 3.8) is 0 Å². The van der Waals surface area contributed by atoms with Crippen molar-refractivity contribution in [1.82, 2.24) is 4.37 Å². The Kier molecular flexibility index (Phi) is 4.14. The van der Waals surface area contributed by atoms with Gasteiger partial charge in [-0.15, -0.1) is 0 Å². The summed E-state index contributed by atoms with van der Waals surface area (Å²) in [6, 6.07) is 1.97. The van der Waals surface area contributed by atoms with E-state index < -0.39 is 0 Å². The highest BCUT2D eigenvalue weighted by atomic mass is 35.5. The van der Waals surface area contributed by atoms with Crippen LogP contribution < -0.4 is 5.32 Å². The third-order valence-electron chi connectivity index (χ3n) is 1.61. The number of aromatic nitrogens is 1. The summed E-state index contributed by atoms with van der Waals surface area (Å²) in [6.45, 7) is 2.32. The molecule has 0 saturated heterocycles. The zero-order valence-corrected chi connectivity index (χ0v) is 9.19. The number of hydrogen-bond acceptors (Lipinski definition) is 5. The molecule has 2 N–H and O–H groups in total. The van der Waals surface area contributed by atoms with Crippen LogP contribution in [0, 0.1) is 11.3 Å². The summed E-state index contributed by atoms with van der Waals surface area (Å²) in [5.74, 6) is 0. The number of anilines is 1. The van der Waals surface area contributed by atoms with Gasteiger partial charge in [-0.25, -0.2) is 0 Å². The van der Waals surface area contributed by atoms with Gasteiger partial charge < -0.3 is 10.4 Å². The number of nitriles is 1. The van der Waals surface area contributed by atoms with E-state index in [2.05, 4.69) is 9.69 Å². The Morgan fingerprint density at radius 3 is 3.07 bits per heavy atom. The Labute approximate surface area is 91.3 Å². The number of halogens is 1. The summed E-state index contributed by atoms with van der Waals surface area (Å²) >= 11 is 6.83.